The number of methoxy groups -OCH3 is 2. The summed E-state index contributed by atoms with van der Waals surface area (Å²) in [4.78, 5) is 6.84. The third-order valence-corrected chi connectivity index (χ3v) is 8.07. The van der Waals surface area contributed by atoms with Crippen molar-refractivity contribution in [3.05, 3.63) is 52.9 Å². The van der Waals surface area contributed by atoms with Gasteiger partial charge in [-0.15, -0.1) is 11.3 Å². The van der Waals surface area contributed by atoms with E-state index in [2.05, 4.69) is 9.88 Å². The fourth-order valence-corrected chi connectivity index (χ4v) is 5.88. The molecule has 0 radical (unpaired) electrons. The number of nitrogens with zero attached hydrogens (tertiary/aromatic N) is 3. The molecule has 4 rings (SSSR count). The third-order valence-electron chi connectivity index (χ3n) is 5.37. The molecule has 1 aliphatic heterocycles. The zero-order valence-electron chi connectivity index (χ0n) is 17.7. The second-order valence-electron chi connectivity index (χ2n) is 7.21. The van der Waals surface area contributed by atoms with Gasteiger partial charge in [0.2, 0.25) is 10.0 Å². The van der Waals surface area contributed by atoms with Crippen molar-refractivity contribution in [1.29, 1.82) is 0 Å². The van der Waals surface area contributed by atoms with E-state index in [1.54, 1.807) is 19.2 Å². The van der Waals surface area contributed by atoms with Crippen LogP contribution in [0.25, 0.3) is 11.3 Å². The third kappa shape index (κ3) is 4.39. The second-order valence-corrected chi connectivity index (χ2v) is 10.2. The summed E-state index contributed by atoms with van der Waals surface area (Å²) in [6, 6.07) is 13.0. The van der Waals surface area contributed by atoms with Crippen molar-refractivity contribution in [2.45, 2.75) is 11.8 Å². The summed E-state index contributed by atoms with van der Waals surface area (Å²) in [7, 11) is -0.582. The molecule has 0 N–H and O–H groups in total. The van der Waals surface area contributed by atoms with E-state index in [4.69, 9.17) is 9.47 Å². The van der Waals surface area contributed by atoms with Crippen LogP contribution >= 0.6 is 11.3 Å². The summed E-state index contributed by atoms with van der Waals surface area (Å²) in [5.41, 5.74) is 2.59. The number of aryl methyl sites for hydroxylation is 1. The first-order valence-corrected chi connectivity index (χ1v) is 12.2. The van der Waals surface area contributed by atoms with Crippen LogP contribution in [0.2, 0.25) is 0 Å². The topological polar surface area (TPSA) is 72.0 Å². The number of ether oxygens (including phenoxy) is 2. The lowest BCUT2D eigenvalue weighted by molar-refractivity contribution is 0.374. The van der Waals surface area contributed by atoms with Crippen molar-refractivity contribution in [3.63, 3.8) is 0 Å². The Labute approximate surface area is 186 Å². The maximum absolute atomic E-state index is 13.5. The van der Waals surface area contributed by atoms with Crippen LogP contribution in [0.4, 0.5) is 5.69 Å². The van der Waals surface area contributed by atoms with Crippen molar-refractivity contribution in [2.24, 2.45) is 0 Å². The maximum atomic E-state index is 13.5. The predicted molar refractivity (Wildman–Crippen MR) is 123 cm³/mol. The number of anilines is 1. The summed E-state index contributed by atoms with van der Waals surface area (Å²) in [5, 5.41) is 2.87. The molecule has 1 aliphatic rings. The van der Waals surface area contributed by atoms with Gasteiger partial charge in [0.05, 0.1) is 24.9 Å². The maximum Gasteiger partial charge on any atom is 0.246 e. The van der Waals surface area contributed by atoms with Gasteiger partial charge in [-0.3, -0.25) is 0 Å². The van der Waals surface area contributed by atoms with Gasteiger partial charge in [0.25, 0.3) is 0 Å². The molecule has 0 amide bonds. The molecule has 2 heterocycles. The number of hydrogen-bond donors (Lipinski definition) is 0. The molecule has 0 saturated carbocycles. The summed E-state index contributed by atoms with van der Waals surface area (Å²) >= 11 is 1.54. The zero-order valence-corrected chi connectivity index (χ0v) is 19.4. The minimum Gasteiger partial charge on any atom is -0.497 e. The number of rotatable bonds is 6. The molecular formula is C22H25N3O4S2. The number of aromatic nitrogens is 1. The van der Waals surface area contributed by atoms with E-state index in [-0.39, 0.29) is 4.90 Å². The Kier molecular flexibility index (Phi) is 6.17. The number of piperazine rings is 1. The highest BCUT2D eigenvalue weighted by Crippen LogP contribution is 2.33. The molecule has 0 bridgehead atoms. The van der Waals surface area contributed by atoms with Gasteiger partial charge in [0.1, 0.15) is 16.4 Å². The highest BCUT2D eigenvalue weighted by molar-refractivity contribution is 7.89. The average Bonchev–Trinajstić information content (AvgIpc) is 3.25. The lowest BCUT2D eigenvalue weighted by Crippen LogP contribution is -2.48. The largest absolute Gasteiger partial charge is 0.497 e. The van der Waals surface area contributed by atoms with Gasteiger partial charge in [-0.1, -0.05) is 0 Å². The van der Waals surface area contributed by atoms with Crippen LogP contribution in [-0.2, 0) is 10.0 Å². The van der Waals surface area contributed by atoms with Gasteiger partial charge in [-0.2, -0.15) is 4.31 Å². The first-order valence-electron chi connectivity index (χ1n) is 9.92. The lowest BCUT2D eigenvalue weighted by Gasteiger charge is -2.35. The predicted octanol–water partition coefficient (Wildman–Crippen LogP) is 3.65. The Bertz CT molecular complexity index is 1150. The fourth-order valence-electron chi connectivity index (χ4n) is 3.65. The van der Waals surface area contributed by atoms with E-state index in [9.17, 15) is 8.42 Å². The van der Waals surface area contributed by atoms with Crippen LogP contribution in [0.3, 0.4) is 0 Å². The molecule has 0 spiro atoms. The number of benzene rings is 2. The summed E-state index contributed by atoms with van der Waals surface area (Å²) in [6.45, 7) is 3.95. The minimum absolute atomic E-state index is 0.177. The van der Waals surface area contributed by atoms with E-state index >= 15 is 0 Å². The normalized spacial score (nSPS) is 15.1. The van der Waals surface area contributed by atoms with Gasteiger partial charge >= 0.3 is 0 Å². The van der Waals surface area contributed by atoms with Crippen molar-refractivity contribution in [1.82, 2.24) is 9.29 Å². The highest BCUT2D eigenvalue weighted by atomic mass is 32.2. The zero-order chi connectivity index (χ0) is 22.0. The highest BCUT2D eigenvalue weighted by Gasteiger charge is 2.31. The van der Waals surface area contributed by atoms with Crippen LogP contribution in [0, 0.1) is 6.92 Å². The summed E-state index contributed by atoms with van der Waals surface area (Å²) in [5.74, 6) is 1.14. The first-order chi connectivity index (χ1) is 14.9. The van der Waals surface area contributed by atoms with Crippen molar-refractivity contribution < 1.29 is 17.9 Å². The van der Waals surface area contributed by atoms with Gasteiger partial charge < -0.3 is 14.4 Å². The van der Waals surface area contributed by atoms with Crippen LogP contribution in [0.1, 0.15) is 5.01 Å². The van der Waals surface area contributed by atoms with Crippen LogP contribution in [-0.4, -0.2) is 58.1 Å². The molecule has 7 nitrogen and oxygen atoms in total. The standard InChI is InChI=1S/C22H25N3O4S2/c1-16-23-20(15-30-16)17-4-9-21(29-3)22(14-17)31(26,27)25-12-10-24(11-13-25)18-5-7-19(28-2)8-6-18/h4-9,14-15H,10-13H2,1-3H3. The van der Waals surface area contributed by atoms with Crippen molar-refractivity contribution in [3.8, 4) is 22.8 Å². The van der Waals surface area contributed by atoms with Gasteiger partial charge in [0, 0.05) is 42.8 Å². The van der Waals surface area contributed by atoms with E-state index in [0.29, 0.717) is 31.9 Å². The Hall–Kier alpha value is -2.62. The molecule has 1 saturated heterocycles. The quantitative estimate of drug-likeness (QED) is 0.560. The molecule has 31 heavy (non-hydrogen) atoms. The van der Waals surface area contributed by atoms with Crippen molar-refractivity contribution in [2.75, 3.05) is 45.3 Å². The number of thiazole rings is 1. The Balaban J connectivity index is 1.56. The van der Waals surface area contributed by atoms with Crippen LogP contribution < -0.4 is 14.4 Å². The van der Waals surface area contributed by atoms with E-state index in [1.165, 1.54) is 22.8 Å². The molecule has 0 aliphatic carbocycles. The SMILES string of the molecule is COc1ccc(N2CCN(S(=O)(=O)c3cc(-c4csc(C)n4)ccc3OC)CC2)cc1. The Morgan fingerprint density at radius 1 is 0.968 bits per heavy atom. The molecule has 0 atom stereocenters. The fraction of sp³-hybridized carbons (Fsp3) is 0.318. The molecule has 9 heteroatoms. The van der Waals surface area contributed by atoms with E-state index in [0.717, 1.165) is 27.7 Å². The van der Waals surface area contributed by atoms with Gasteiger partial charge in [0.15, 0.2) is 0 Å². The van der Waals surface area contributed by atoms with E-state index in [1.807, 2.05) is 42.6 Å². The molecule has 0 unspecified atom stereocenters. The lowest BCUT2D eigenvalue weighted by atomic mass is 10.2. The van der Waals surface area contributed by atoms with Crippen LogP contribution in [0.15, 0.2) is 52.7 Å². The monoisotopic (exact) mass is 459 g/mol. The van der Waals surface area contributed by atoms with Crippen LogP contribution in [0.5, 0.6) is 11.5 Å². The van der Waals surface area contributed by atoms with E-state index < -0.39 is 10.0 Å². The minimum atomic E-state index is -3.71. The second kappa shape index (κ2) is 8.86. The van der Waals surface area contributed by atoms with Crippen molar-refractivity contribution >= 4 is 27.0 Å². The Morgan fingerprint density at radius 3 is 2.26 bits per heavy atom. The first kappa shape index (κ1) is 21.6. The average molecular weight is 460 g/mol. The smallest absolute Gasteiger partial charge is 0.246 e. The summed E-state index contributed by atoms with van der Waals surface area (Å²) < 4.78 is 39.1. The number of sulfonamides is 1. The molecule has 3 aromatic rings. The molecule has 1 aromatic heterocycles. The summed E-state index contributed by atoms with van der Waals surface area (Å²) in [6.07, 6.45) is 0. The van der Waals surface area contributed by atoms with Gasteiger partial charge in [-0.25, -0.2) is 13.4 Å². The Morgan fingerprint density at radius 2 is 1.68 bits per heavy atom. The molecule has 2 aromatic carbocycles. The number of hydrogen-bond acceptors (Lipinski definition) is 7. The van der Waals surface area contributed by atoms with Gasteiger partial charge in [-0.05, 0) is 49.4 Å². The molecule has 1 fully saturated rings. The molecule has 164 valence electrons. The molecular weight excluding hydrogens is 434 g/mol.